The molecule has 2 bridgehead atoms. The normalized spacial score (nSPS) is 29.3. The number of ether oxygens (including phenoxy) is 1. The second-order valence-electron chi connectivity index (χ2n) is 13.0. The maximum atomic E-state index is 14.7. The lowest BCUT2D eigenvalue weighted by atomic mass is 9.70. The van der Waals surface area contributed by atoms with E-state index in [0.29, 0.717) is 25.7 Å². The van der Waals surface area contributed by atoms with E-state index in [2.05, 4.69) is 27.4 Å². The summed E-state index contributed by atoms with van der Waals surface area (Å²) in [6.07, 6.45) is 3.02. The molecule has 0 saturated carbocycles. The first kappa shape index (κ1) is 28.3. The van der Waals surface area contributed by atoms with Crippen LogP contribution in [-0.2, 0) is 25.5 Å². The Morgan fingerprint density at radius 2 is 1.89 bits per heavy atom. The topological polar surface area (TPSA) is 107 Å². The molecule has 3 aliphatic heterocycles. The molecule has 8 nitrogen and oxygen atoms in total. The van der Waals surface area contributed by atoms with Crippen molar-refractivity contribution in [3.8, 4) is 0 Å². The predicted molar refractivity (Wildman–Crippen MR) is 143 cm³/mol. The Hall–Kier alpha value is -2.71. The molecule has 3 aliphatic rings. The molecule has 2 amide bonds. The Morgan fingerprint density at radius 1 is 1.24 bits per heavy atom. The van der Waals surface area contributed by atoms with Gasteiger partial charge in [-0.05, 0) is 50.5 Å². The van der Waals surface area contributed by atoms with E-state index in [1.807, 2.05) is 44.2 Å². The number of carbonyl (C=O) groups is 3. The van der Waals surface area contributed by atoms with Gasteiger partial charge in [0.05, 0.1) is 30.6 Å². The van der Waals surface area contributed by atoms with E-state index in [4.69, 9.17) is 4.74 Å². The highest BCUT2D eigenvalue weighted by Gasteiger charge is 2.75. The first-order valence-corrected chi connectivity index (χ1v) is 13.6. The number of fused-ring (bicyclic) bond motifs is 1. The van der Waals surface area contributed by atoms with E-state index in [1.165, 1.54) is 4.90 Å². The molecule has 2 N–H and O–H groups in total. The number of hydrogen-bond acceptors (Lipinski definition) is 5. The lowest BCUT2D eigenvalue weighted by molar-refractivity contribution is -0.156. The Bertz CT molecular complexity index is 1080. The monoisotopic (exact) mass is 526 g/mol. The standard InChI is InChI=1S/C30H42N2O6/c1-7-15-31(29(5,6)18-28(2,3)4)26(35)24-30-14-13-21(38-30)22(27(36)37)23(30)25(34)32(24)20(17-33)16-19-11-9-8-10-12-19/h7-12,20-24,33H,1,13-18H2,2-6H3,(H,36,37)/t20-,21-,22+,23+,24?,30?/m1/s1. The molecule has 4 rings (SSSR count). The van der Waals surface area contributed by atoms with Gasteiger partial charge in [-0.3, -0.25) is 14.4 Å². The van der Waals surface area contributed by atoms with Crippen LogP contribution in [0.4, 0.5) is 0 Å². The first-order chi connectivity index (χ1) is 17.8. The molecule has 1 spiro atoms. The van der Waals surface area contributed by atoms with Gasteiger partial charge in [-0.15, -0.1) is 6.58 Å². The number of carboxylic acids is 1. The summed E-state index contributed by atoms with van der Waals surface area (Å²) in [6.45, 7) is 14.2. The van der Waals surface area contributed by atoms with Crippen LogP contribution < -0.4 is 0 Å². The van der Waals surface area contributed by atoms with Crippen LogP contribution in [0.2, 0.25) is 0 Å². The summed E-state index contributed by atoms with van der Waals surface area (Å²) in [4.78, 5) is 44.4. The van der Waals surface area contributed by atoms with Crippen molar-refractivity contribution in [2.24, 2.45) is 17.3 Å². The van der Waals surface area contributed by atoms with Gasteiger partial charge in [0.2, 0.25) is 11.8 Å². The summed E-state index contributed by atoms with van der Waals surface area (Å²) < 4.78 is 6.38. The summed E-state index contributed by atoms with van der Waals surface area (Å²) in [5, 5.41) is 20.6. The highest BCUT2D eigenvalue weighted by molar-refractivity contribution is 5.98. The van der Waals surface area contributed by atoms with Gasteiger partial charge < -0.3 is 24.7 Å². The lowest BCUT2D eigenvalue weighted by Gasteiger charge is -2.46. The van der Waals surface area contributed by atoms with E-state index in [-0.39, 0.29) is 24.5 Å². The van der Waals surface area contributed by atoms with Crippen molar-refractivity contribution < 1.29 is 29.3 Å². The minimum atomic E-state index is -1.23. The zero-order valence-corrected chi connectivity index (χ0v) is 23.2. The molecule has 2 unspecified atom stereocenters. The van der Waals surface area contributed by atoms with E-state index < -0.39 is 53.0 Å². The molecule has 208 valence electrons. The summed E-state index contributed by atoms with van der Waals surface area (Å²) >= 11 is 0. The number of rotatable bonds is 10. The summed E-state index contributed by atoms with van der Waals surface area (Å²) in [5.41, 5.74) is -0.976. The number of hydrogen-bond donors (Lipinski definition) is 2. The second-order valence-corrected chi connectivity index (χ2v) is 13.0. The number of carboxylic acid groups (broad SMARTS) is 1. The zero-order valence-electron chi connectivity index (χ0n) is 23.2. The van der Waals surface area contributed by atoms with Crippen LogP contribution in [0.3, 0.4) is 0 Å². The number of aliphatic carboxylic acids is 1. The maximum Gasteiger partial charge on any atom is 0.310 e. The fourth-order valence-electron chi connectivity index (χ4n) is 7.49. The third-order valence-corrected chi connectivity index (χ3v) is 8.45. The van der Waals surface area contributed by atoms with Crippen LogP contribution in [0.5, 0.6) is 0 Å². The number of carbonyl (C=O) groups excluding carboxylic acids is 2. The largest absolute Gasteiger partial charge is 0.481 e. The van der Waals surface area contributed by atoms with E-state index >= 15 is 0 Å². The van der Waals surface area contributed by atoms with Crippen molar-refractivity contribution in [2.45, 2.75) is 89.6 Å². The molecule has 3 fully saturated rings. The molecule has 0 aromatic heterocycles. The number of likely N-dealkylation sites (tertiary alicyclic amines) is 1. The summed E-state index contributed by atoms with van der Waals surface area (Å²) in [5.74, 6) is -3.76. The highest BCUT2D eigenvalue weighted by atomic mass is 16.5. The van der Waals surface area contributed by atoms with Gasteiger partial charge in [-0.1, -0.05) is 57.2 Å². The molecular formula is C30H42N2O6. The van der Waals surface area contributed by atoms with Gasteiger partial charge in [0.15, 0.2) is 0 Å². The molecule has 8 heteroatoms. The zero-order chi connectivity index (χ0) is 28.0. The average Bonchev–Trinajstić information content (AvgIpc) is 3.47. The van der Waals surface area contributed by atoms with Gasteiger partial charge in [-0.2, -0.15) is 0 Å². The third-order valence-electron chi connectivity index (χ3n) is 8.45. The number of aliphatic hydroxyl groups excluding tert-OH is 1. The Labute approximate surface area is 225 Å². The molecule has 0 radical (unpaired) electrons. The minimum Gasteiger partial charge on any atom is -0.481 e. The molecule has 0 aliphatic carbocycles. The van der Waals surface area contributed by atoms with Gasteiger partial charge in [0.25, 0.3) is 0 Å². The lowest BCUT2D eigenvalue weighted by Crippen LogP contribution is -2.62. The molecule has 6 atom stereocenters. The average molecular weight is 527 g/mol. The number of nitrogens with zero attached hydrogens (tertiary/aromatic N) is 2. The predicted octanol–water partition coefficient (Wildman–Crippen LogP) is 3.28. The first-order valence-electron chi connectivity index (χ1n) is 13.6. The quantitative estimate of drug-likeness (QED) is 0.453. The Balaban J connectivity index is 1.81. The molecule has 1 aromatic carbocycles. The highest BCUT2D eigenvalue weighted by Crippen LogP contribution is 2.59. The van der Waals surface area contributed by atoms with Gasteiger partial charge in [0, 0.05) is 12.1 Å². The van der Waals surface area contributed by atoms with Crippen molar-refractivity contribution in [1.82, 2.24) is 9.80 Å². The van der Waals surface area contributed by atoms with E-state index in [9.17, 15) is 24.6 Å². The molecular weight excluding hydrogens is 484 g/mol. The van der Waals surface area contributed by atoms with Crippen LogP contribution in [0.15, 0.2) is 43.0 Å². The van der Waals surface area contributed by atoms with Crippen molar-refractivity contribution >= 4 is 17.8 Å². The molecule has 1 aromatic rings. The van der Waals surface area contributed by atoms with Crippen LogP contribution in [0.1, 0.15) is 59.4 Å². The number of benzene rings is 1. The fraction of sp³-hybridized carbons (Fsp3) is 0.633. The van der Waals surface area contributed by atoms with Crippen molar-refractivity contribution in [3.63, 3.8) is 0 Å². The molecule has 3 heterocycles. The van der Waals surface area contributed by atoms with E-state index in [0.717, 1.165) is 5.56 Å². The van der Waals surface area contributed by atoms with Crippen molar-refractivity contribution in [2.75, 3.05) is 13.2 Å². The van der Waals surface area contributed by atoms with Crippen molar-refractivity contribution in [3.05, 3.63) is 48.6 Å². The number of amides is 2. The fourth-order valence-corrected chi connectivity index (χ4v) is 7.49. The SMILES string of the molecule is C=CCN(C(=O)C1N([C@@H](CO)Cc2ccccc2)C(=O)[C@@H]2[C@@H](C(=O)O)[C@H]3CCC12O3)C(C)(C)CC(C)(C)C. The van der Waals surface area contributed by atoms with Crippen LogP contribution >= 0.6 is 0 Å². The van der Waals surface area contributed by atoms with Crippen LogP contribution in [-0.4, -0.2) is 80.3 Å². The van der Waals surface area contributed by atoms with Gasteiger partial charge in [-0.25, -0.2) is 0 Å². The van der Waals surface area contributed by atoms with Gasteiger partial charge in [0.1, 0.15) is 11.6 Å². The maximum absolute atomic E-state index is 14.7. The molecule has 3 saturated heterocycles. The van der Waals surface area contributed by atoms with E-state index in [1.54, 1.807) is 11.0 Å². The Kier molecular flexibility index (Phi) is 7.53. The minimum absolute atomic E-state index is 0.0765. The molecule has 38 heavy (non-hydrogen) atoms. The smallest absolute Gasteiger partial charge is 0.310 e. The Morgan fingerprint density at radius 3 is 2.45 bits per heavy atom. The summed E-state index contributed by atoms with van der Waals surface area (Å²) in [6, 6.07) is 7.76. The number of aliphatic hydroxyl groups is 1. The van der Waals surface area contributed by atoms with Crippen LogP contribution in [0, 0.1) is 17.3 Å². The third kappa shape index (κ3) is 4.77. The van der Waals surface area contributed by atoms with Crippen LogP contribution in [0.25, 0.3) is 0 Å². The van der Waals surface area contributed by atoms with Gasteiger partial charge >= 0.3 is 5.97 Å². The second kappa shape index (κ2) is 10.1. The van der Waals surface area contributed by atoms with Crippen molar-refractivity contribution in [1.29, 1.82) is 0 Å². The summed E-state index contributed by atoms with van der Waals surface area (Å²) in [7, 11) is 0.